The fourth-order valence-corrected chi connectivity index (χ4v) is 3.11. The van der Waals surface area contributed by atoms with Crippen LogP contribution in [-0.2, 0) is 13.6 Å². The number of hydrogen-bond donors (Lipinski definition) is 1. The van der Waals surface area contributed by atoms with Gasteiger partial charge in [0.05, 0.1) is 0 Å². The van der Waals surface area contributed by atoms with Crippen LogP contribution in [0.3, 0.4) is 0 Å². The van der Waals surface area contributed by atoms with Crippen LogP contribution in [0.15, 0.2) is 4.99 Å². The first-order valence-corrected chi connectivity index (χ1v) is 6.88. The van der Waals surface area contributed by atoms with Gasteiger partial charge in [-0.2, -0.15) is 4.99 Å². The Balaban J connectivity index is 4.71. The summed E-state index contributed by atoms with van der Waals surface area (Å²) in [4.78, 5) is 14.3. The van der Waals surface area contributed by atoms with Gasteiger partial charge in [-0.05, 0) is 40.2 Å². The molecule has 0 fully saturated rings. The van der Waals surface area contributed by atoms with Crippen molar-refractivity contribution in [2.45, 2.75) is 38.8 Å². The SMILES string of the molecule is CCO[Si](OCC)C(C)(CCCN)N=C=O. The van der Waals surface area contributed by atoms with Gasteiger partial charge >= 0.3 is 9.28 Å². The van der Waals surface area contributed by atoms with Gasteiger partial charge in [0, 0.05) is 13.2 Å². The van der Waals surface area contributed by atoms with Crippen molar-refractivity contribution < 1.29 is 13.6 Å². The summed E-state index contributed by atoms with van der Waals surface area (Å²) < 4.78 is 11.1. The lowest BCUT2D eigenvalue weighted by Gasteiger charge is -2.28. The maximum atomic E-state index is 10.5. The standard InChI is InChI=1S/C10H21N2O3Si/c1-4-14-16(15-5-2)10(3,12-9-13)7-6-8-11/h4-8,11H2,1-3H3. The molecule has 1 unspecified atom stereocenters. The van der Waals surface area contributed by atoms with E-state index in [2.05, 4.69) is 4.99 Å². The van der Waals surface area contributed by atoms with E-state index in [0.29, 0.717) is 26.2 Å². The predicted molar refractivity (Wildman–Crippen MR) is 63.8 cm³/mol. The molecule has 0 aromatic heterocycles. The summed E-state index contributed by atoms with van der Waals surface area (Å²) >= 11 is 0. The third kappa shape index (κ3) is 5.00. The molecule has 0 saturated carbocycles. The minimum Gasteiger partial charge on any atom is -0.392 e. The Labute approximate surface area is 98.9 Å². The molecule has 0 aliphatic carbocycles. The molecule has 1 atom stereocenters. The van der Waals surface area contributed by atoms with Gasteiger partial charge in [-0.3, -0.25) is 0 Å². The summed E-state index contributed by atoms with van der Waals surface area (Å²) in [6, 6.07) is 0. The lowest BCUT2D eigenvalue weighted by atomic mass is 10.2. The average Bonchev–Trinajstić information content (AvgIpc) is 2.26. The number of hydrogen-bond acceptors (Lipinski definition) is 5. The van der Waals surface area contributed by atoms with Crippen LogP contribution in [0.5, 0.6) is 0 Å². The van der Waals surface area contributed by atoms with E-state index >= 15 is 0 Å². The van der Waals surface area contributed by atoms with Crippen LogP contribution in [0.4, 0.5) is 0 Å². The molecule has 0 aliphatic rings. The lowest BCUT2D eigenvalue weighted by molar-refractivity contribution is 0.187. The number of isocyanates is 1. The van der Waals surface area contributed by atoms with E-state index < -0.39 is 14.4 Å². The predicted octanol–water partition coefficient (Wildman–Crippen LogP) is 0.920. The fourth-order valence-electron chi connectivity index (χ4n) is 1.37. The van der Waals surface area contributed by atoms with Crippen molar-refractivity contribution in [1.29, 1.82) is 0 Å². The molecule has 93 valence electrons. The van der Waals surface area contributed by atoms with Crippen LogP contribution in [0.25, 0.3) is 0 Å². The first-order valence-electron chi connectivity index (χ1n) is 5.56. The van der Waals surface area contributed by atoms with E-state index in [4.69, 9.17) is 14.6 Å². The Morgan fingerprint density at radius 2 is 1.94 bits per heavy atom. The van der Waals surface area contributed by atoms with E-state index in [0.717, 1.165) is 6.42 Å². The number of nitrogens with zero attached hydrogens (tertiary/aromatic N) is 1. The molecule has 0 spiro atoms. The summed E-state index contributed by atoms with van der Waals surface area (Å²) in [5.41, 5.74) is 5.47. The number of aliphatic imine (C=N–C) groups is 1. The van der Waals surface area contributed by atoms with Crippen molar-refractivity contribution in [3.8, 4) is 0 Å². The summed E-state index contributed by atoms with van der Waals surface area (Å²) in [6.07, 6.45) is 3.09. The molecule has 0 heterocycles. The second-order valence-electron chi connectivity index (χ2n) is 3.52. The lowest BCUT2D eigenvalue weighted by Crippen LogP contribution is -2.47. The molecular weight excluding hydrogens is 224 g/mol. The van der Waals surface area contributed by atoms with Crippen molar-refractivity contribution in [3.05, 3.63) is 0 Å². The quantitative estimate of drug-likeness (QED) is 0.372. The van der Waals surface area contributed by atoms with Gasteiger partial charge < -0.3 is 14.6 Å². The first kappa shape index (κ1) is 15.5. The summed E-state index contributed by atoms with van der Waals surface area (Å²) in [7, 11) is -1.60. The molecule has 1 radical (unpaired) electrons. The average molecular weight is 245 g/mol. The van der Waals surface area contributed by atoms with E-state index in [9.17, 15) is 4.79 Å². The highest BCUT2D eigenvalue weighted by Gasteiger charge is 2.40. The van der Waals surface area contributed by atoms with E-state index in [-0.39, 0.29) is 0 Å². The highest BCUT2D eigenvalue weighted by molar-refractivity contribution is 6.48. The zero-order valence-corrected chi connectivity index (χ0v) is 11.3. The molecule has 0 saturated heterocycles. The Morgan fingerprint density at radius 1 is 1.38 bits per heavy atom. The highest BCUT2D eigenvalue weighted by atomic mass is 28.3. The van der Waals surface area contributed by atoms with Crippen LogP contribution >= 0.6 is 0 Å². The van der Waals surface area contributed by atoms with E-state index in [1.807, 2.05) is 20.8 Å². The van der Waals surface area contributed by atoms with Gasteiger partial charge in [0.1, 0.15) is 5.16 Å². The minimum absolute atomic E-state index is 0.556. The normalized spacial score (nSPS) is 14.6. The Bertz CT molecular complexity index is 228. The Kier molecular flexibility index (Phi) is 8.33. The van der Waals surface area contributed by atoms with Crippen LogP contribution in [0.1, 0.15) is 33.6 Å². The maximum absolute atomic E-state index is 10.5. The van der Waals surface area contributed by atoms with Gasteiger partial charge in [0.25, 0.3) is 0 Å². The van der Waals surface area contributed by atoms with Crippen molar-refractivity contribution >= 4 is 15.4 Å². The molecule has 0 bridgehead atoms. The largest absolute Gasteiger partial charge is 0.415 e. The topological polar surface area (TPSA) is 73.9 Å². The summed E-state index contributed by atoms with van der Waals surface area (Å²) in [5, 5.41) is -0.599. The molecule has 0 aliphatic heterocycles. The summed E-state index contributed by atoms with van der Waals surface area (Å²) in [6.45, 7) is 7.35. The highest BCUT2D eigenvalue weighted by Crippen LogP contribution is 2.22. The molecule has 0 amide bonds. The van der Waals surface area contributed by atoms with Crippen LogP contribution in [-0.4, -0.2) is 40.3 Å². The number of rotatable bonds is 9. The molecule has 0 aromatic rings. The van der Waals surface area contributed by atoms with Crippen molar-refractivity contribution in [2.75, 3.05) is 19.8 Å². The molecule has 0 rings (SSSR count). The van der Waals surface area contributed by atoms with Crippen molar-refractivity contribution in [2.24, 2.45) is 10.7 Å². The van der Waals surface area contributed by atoms with Gasteiger partial charge in [0.15, 0.2) is 0 Å². The third-order valence-corrected chi connectivity index (χ3v) is 4.49. The van der Waals surface area contributed by atoms with Gasteiger partial charge in [0.2, 0.25) is 6.08 Å². The third-order valence-electron chi connectivity index (χ3n) is 2.15. The van der Waals surface area contributed by atoms with E-state index in [1.54, 1.807) is 6.08 Å². The Morgan fingerprint density at radius 3 is 2.31 bits per heavy atom. The molecule has 16 heavy (non-hydrogen) atoms. The van der Waals surface area contributed by atoms with E-state index in [1.165, 1.54) is 0 Å². The summed E-state index contributed by atoms with van der Waals surface area (Å²) in [5.74, 6) is 0. The van der Waals surface area contributed by atoms with Gasteiger partial charge in [-0.25, -0.2) is 4.79 Å². The second-order valence-corrected chi connectivity index (χ2v) is 5.75. The number of carbonyl (C=O) groups excluding carboxylic acids is 1. The van der Waals surface area contributed by atoms with Gasteiger partial charge in [-0.15, -0.1) is 0 Å². The fraction of sp³-hybridized carbons (Fsp3) is 0.900. The minimum atomic E-state index is -1.60. The first-order chi connectivity index (χ1) is 7.64. The smallest absolute Gasteiger partial charge is 0.392 e. The molecule has 0 aromatic carbocycles. The van der Waals surface area contributed by atoms with Crippen molar-refractivity contribution in [3.63, 3.8) is 0 Å². The second kappa shape index (κ2) is 8.61. The van der Waals surface area contributed by atoms with Crippen LogP contribution in [0.2, 0.25) is 0 Å². The molecule has 6 heteroatoms. The van der Waals surface area contributed by atoms with Crippen LogP contribution in [0, 0.1) is 0 Å². The maximum Gasteiger partial charge on any atom is 0.415 e. The molecule has 5 nitrogen and oxygen atoms in total. The monoisotopic (exact) mass is 245 g/mol. The number of nitrogens with two attached hydrogens (primary N) is 1. The van der Waals surface area contributed by atoms with Gasteiger partial charge in [-0.1, -0.05) is 0 Å². The van der Waals surface area contributed by atoms with Crippen LogP contribution < -0.4 is 5.73 Å². The molecular formula is C10H21N2O3Si. The zero-order valence-electron chi connectivity index (χ0n) is 10.3. The van der Waals surface area contributed by atoms with Crippen molar-refractivity contribution in [1.82, 2.24) is 0 Å². The molecule has 2 N–H and O–H groups in total. The Hall–Kier alpha value is -0.523. The zero-order chi connectivity index (χ0) is 12.4.